The second kappa shape index (κ2) is 6.79. The van der Waals surface area contributed by atoms with Crippen LogP contribution in [0.25, 0.3) is 0 Å². The fourth-order valence-corrected chi connectivity index (χ4v) is 3.12. The third-order valence-corrected chi connectivity index (χ3v) is 5.09. The van der Waals surface area contributed by atoms with Crippen LogP contribution in [0.1, 0.15) is 64.5 Å². The Morgan fingerprint density at radius 3 is 2.56 bits per heavy atom. The number of anilines is 1. The quantitative estimate of drug-likeness (QED) is 0.876. The topological polar surface area (TPSA) is 54.2 Å². The Labute approximate surface area is 150 Å². The number of benzene rings is 1. The lowest BCUT2D eigenvalue weighted by atomic mass is 9.97. The van der Waals surface area contributed by atoms with Gasteiger partial charge in [0.15, 0.2) is 0 Å². The summed E-state index contributed by atoms with van der Waals surface area (Å²) < 4.78 is 5.78. The van der Waals surface area contributed by atoms with Crippen molar-refractivity contribution in [1.82, 2.24) is 15.1 Å². The summed E-state index contributed by atoms with van der Waals surface area (Å²) in [5.41, 5.74) is 3.86. The summed E-state index contributed by atoms with van der Waals surface area (Å²) in [4.78, 5) is 2.55. The second-order valence-corrected chi connectivity index (χ2v) is 8.44. The summed E-state index contributed by atoms with van der Waals surface area (Å²) in [6.07, 6.45) is 0. The number of nitrogens with one attached hydrogen (secondary N) is 1. The molecule has 0 radical (unpaired) electrons. The molecule has 0 amide bonds. The van der Waals surface area contributed by atoms with Crippen molar-refractivity contribution in [3.05, 3.63) is 41.1 Å². The highest BCUT2D eigenvalue weighted by Gasteiger charge is 2.27. The lowest BCUT2D eigenvalue weighted by Crippen LogP contribution is -2.32. The molecule has 5 heteroatoms. The molecule has 0 saturated carbocycles. The van der Waals surface area contributed by atoms with Gasteiger partial charge in [0.2, 0.25) is 11.8 Å². The van der Waals surface area contributed by atoms with Crippen molar-refractivity contribution < 1.29 is 4.42 Å². The summed E-state index contributed by atoms with van der Waals surface area (Å²) in [6.45, 7) is 15.7. The maximum Gasteiger partial charge on any atom is 0.235 e. The minimum atomic E-state index is -0.118. The van der Waals surface area contributed by atoms with Crippen molar-refractivity contribution in [2.24, 2.45) is 5.92 Å². The SMILES string of the molecule is CC(C)C(C)N1Cc2cccc(NCc3nnc(C(C)(C)C)o3)c2C1. The summed E-state index contributed by atoms with van der Waals surface area (Å²) in [7, 11) is 0. The molecular formula is C20H30N4O. The molecule has 1 N–H and O–H groups in total. The Morgan fingerprint density at radius 1 is 1.16 bits per heavy atom. The van der Waals surface area contributed by atoms with Crippen molar-refractivity contribution in [2.45, 2.75) is 72.6 Å². The van der Waals surface area contributed by atoms with Gasteiger partial charge in [0.25, 0.3) is 0 Å². The second-order valence-electron chi connectivity index (χ2n) is 8.44. The van der Waals surface area contributed by atoms with Crippen LogP contribution < -0.4 is 5.32 Å². The molecule has 136 valence electrons. The van der Waals surface area contributed by atoms with Gasteiger partial charge >= 0.3 is 0 Å². The number of hydrogen-bond donors (Lipinski definition) is 1. The minimum Gasteiger partial charge on any atom is -0.423 e. The Balaban J connectivity index is 1.70. The lowest BCUT2D eigenvalue weighted by molar-refractivity contribution is 0.170. The highest BCUT2D eigenvalue weighted by Crippen LogP contribution is 2.32. The molecule has 1 aliphatic rings. The van der Waals surface area contributed by atoms with Gasteiger partial charge in [0.1, 0.15) is 0 Å². The van der Waals surface area contributed by atoms with Crippen molar-refractivity contribution in [3.63, 3.8) is 0 Å². The molecule has 1 aromatic heterocycles. The van der Waals surface area contributed by atoms with Crippen molar-refractivity contribution >= 4 is 5.69 Å². The molecular weight excluding hydrogens is 312 g/mol. The average molecular weight is 342 g/mol. The zero-order chi connectivity index (χ0) is 18.2. The predicted octanol–water partition coefficient (Wildman–Crippen LogP) is 4.34. The molecule has 2 aromatic rings. The summed E-state index contributed by atoms with van der Waals surface area (Å²) >= 11 is 0. The highest BCUT2D eigenvalue weighted by molar-refractivity contribution is 5.56. The molecule has 0 spiro atoms. The van der Waals surface area contributed by atoms with E-state index in [0.29, 0.717) is 30.3 Å². The van der Waals surface area contributed by atoms with Gasteiger partial charge < -0.3 is 9.73 Å². The van der Waals surface area contributed by atoms with Gasteiger partial charge in [-0.3, -0.25) is 4.90 Å². The third-order valence-electron chi connectivity index (χ3n) is 5.09. The zero-order valence-electron chi connectivity index (χ0n) is 16.3. The first-order valence-electron chi connectivity index (χ1n) is 9.17. The first-order chi connectivity index (χ1) is 11.8. The van der Waals surface area contributed by atoms with E-state index in [1.165, 1.54) is 16.8 Å². The fourth-order valence-electron chi connectivity index (χ4n) is 3.12. The summed E-state index contributed by atoms with van der Waals surface area (Å²) in [6, 6.07) is 7.08. The molecule has 0 fully saturated rings. The standard InChI is InChI=1S/C20H30N4O/c1-13(2)14(3)24-11-15-8-7-9-17(16(15)12-24)21-10-18-22-23-19(25-18)20(4,5)6/h7-9,13-14,21H,10-12H2,1-6H3. The van der Waals surface area contributed by atoms with Crippen LogP contribution >= 0.6 is 0 Å². The molecule has 1 aliphatic heterocycles. The zero-order valence-corrected chi connectivity index (χ0v) is 16.3. The van der Waals surface area contributed by atoms with E-state index in [1.54, 1.807) is 0 Å². The first kappa shape index (κ1) is 17.9. The van der Waals surface area contributed by atoms with Gasteiger partial charge in [-0.2, -0.15) is 0 Å². The molecule has 1 atom stereocenters. The van der Waals surface area contributed by atoms with Crippen LogP contribution in [-0.2, 0) is 25.0 Å². The van der Waals surface area contributed by atoms with Gasteiger partial charge in [-0.25, -0.2) is 0 Å². The number of aromatic nitrogens is 2. The van der Waals surface area contributed by atoms with Crippen molar-refractivity contribution in [2.75, 3.05) is 5.32 Å². The molecule has 0 bridgehead atoms. The summed E-state index contributed by atoms with van der Waals surface area (Å²) in [5.74, 6) is 1.97. The van der Waals surface area contributed by atoms with Crippen molar-refractivity contribution in [3.8, 4) is 0 Å². The minimum absolute atomic E-state index is 0.118. The van der Waals surface area contributed by atoms with Gasteiger partial charge in [0, 0.05) is 30.2 Å². The highest BCUT2D eigenvalue weighted by atomic mass is 16.4. The van der Waals surface area contributed by atoms with E-state index in [9.17, 15) is 0 Å². The largest absolute Gasteiger partial charge is 0.423 e. The number of hydrogen-bond acceptors (Lipinski definition) is 5. The maximum absolute atomic E-state index is 5.78. The van der Waals surface area contributed by atoms with Crippen molar-refractivity contribution in [1.29, 1.82) is 0 Å². The van der Waals surface area contributed by atoms with Crippen LogP contribution in [0, 0.1) is 5.92 Å². The van der Waals surface area contributed by atoms with E-state index < -0.39 is 0 Å². The van der Waals surface area contributed by atoms with E-state index in [2.05, 4.69) is 80.2 Å². The van der Waals surface area contributed by atoms with E-state index in [0.717, 1.165) is 13.1 Å². The van der Waals surface area contributed by atoms with Crippen LogP contribution in [0.3, 0.4) is 0 Å². The number of nitrogens with zero attached hydrogens (tertiary/aromatic N) is 3. The molecule has 2 heterocycles. The Kier molecular flexibility index (Phi) is 4.87. The Hall–Kier alpha value is -1.88. The third kappa shape index (κ3) is 3.87. The van der Waals surface area contributed by atoms with Crippen LogP contribution in [-0.4, -0.2) is 21.1 Å². The van der Waals surface area contributed by atoms with E-state index in [-0.39, 0.29) is 5.41 Å². The number of rotatable bonds is 5. The molecule has 1 aromatic carbocycles. The predicted molar refractivity (Wildman–Crippen MR) is 100 cm³/mol. The molecule has 0 aliphatic carbocycles. The van der Waals surface area contributed by atoms with Crippen LogP contribution in [0.5, 0.6) is 0 Å². The van der Waals surface area contributed by atoms with Crippen LogP contribution in [0.4, 0.5) is 5.69 Å². The van der Waals surface area contributed by atoms with Gasteiger partial charge in [-0.15, -0.1) is 10.2 Å². The molecule has 0 saturated heterocycles. The Bertz CT molecular complexity index is 730. The average Bonchev–Trinajstić information content (AvgIpc) is 3.18. The summed E-state index contributed by atoms with van der Waals surface area (Å²) in [5, 5.41) is 11.8. The lowest BCUT2D eigenvalue weighted by Gasteiger charge is -2.27. The van der Waals surface area contributed by atoms with Crippen LogP contribution in [0.15, 0.2) is 22.6 Å². The maximum atomic E-state index is 5.78. The number of fused-ring (bicyclic) bond motifs is 1. The normalized spacial score (nSPS) is 16.3. The Morgan fingerprint density at radius 2 is 1.92 bits per heavy atom. The van der Waals surface area contributed by atoms with Gasteiger partial charge in [0.05, 0.1) is 6.54 Å². The smallest absolute Gasteiger partial charge is 0.235 e. The van der Waals surface area contributed by atoms with E-state index in [4.69, 9.17) is 4.42 Å². The van der Waals surface area contributed by atoms with Gasteiger partial charge in [-0.1, -0.05) is 46.8 Å². The molecule has 3 rings (SSSR count). The van der Waals surface area contributed by atoms with Gasteiger partial charge in [-0.05, 0) is 30.0 Å². The fraction of sp³-hybridized carbons (Fsp3) is 0.600. The molecule has 25 heavy (non-hydrogen) atoms. The molecule has 5 nitrogen and oxygen atoms in total. The van der Waals surface area contributed by atoms with E-state index in [1.807, 2.05) is 0 Å². The monoisotopic (exact) mass is 342 g/mol. The van der Waals surface area contributed by atoms with E-state index >= 15 is 0 Å². The molecule has 1 unspecified atom stereocenters. The first-order valence-corrected chi connectivity index (χ1v) is 9.17. The van der Waals surface area contributed by atoms with Crippen LogP contribution in [0.2, 0.25) is 0 Å².